The molecule has 0 unspecified atom stereocenters. The molecule has 1 aromatic carbocycles. The minimum Gasteiger partial charge on any atom is -0.497 e. The monoisotopic (exact) mass is 302 g/mol. The number of ether oxygens (including phenoxy) is 2. The normalized spacial score (nSPS) is 11.6. The van der Waals surface area contributed by atoms with Gasteiger partial charge in [-0.1, -0.05) is 0 Å². The fraction of sp³-hybridized carbons (Fsp3) is 0.250. The van der Waals surface area contributed by atoms with Gasteiger partial charge in [-0.3, -0.25) is 4.79 Å². The summed E-state index contributed by atoms with van der Waals surface area (Å²) in [5, 5.41) is 2.68. The van der Waals surface area contributed by atoms with Crippen LogP contribution in [0.5, 0.6) is 5.75 Å². The van der Waals surface area contributed by atoms with E-state index in [0.717, 1.165) is 0 Å². The number of nitrogens with zero attached hydrogens (tertiary/aromatic N) is 1. The number of aryl methyl sites for hydroxylation is 1. The highest BCUT2D eigenvalue weighted by molar-refractivity contribution is 5.96. The number of nitrogens with one attached hydrogen (secondary N) is 1. The molecule has 2 rings (SSSR count). The van der Waals surface area contributed by atoms with Crippen LogP contribution in [0.1, 0.15) is 17.4 Å². The average molecular weight is 302 g/mol. The molecule has 0 aliphatic heterocycles. The molecule has 0 spiro atoms. The molecule has 116 valence electrons. The van der Waals surface area contributed by atoms with Crippen molar-refractivity contribution in [3.05, 3.63) is 48.3 Å². The summed E-state index contributed by atoms with van der Waals surface area (Å²) >= 11 is 0. The zero-order valence-electron chi connectivity index (χ0n) is 12.7. The summed E-state index contributed by atoms with van der Waals surface area (Å²) in [5.74, 6) is -0.237. The molecule has 2 aromatic rings. The van der Waals surface area contributed by atoms with E-state index < -0.39 is 18.0 Å². The Hall–Kier alpha value is -2.76. The first-order valence-corrected chi connectivity index (χ1v) is 6.78. The number of aromatic nitrogens is 1. The maximum absolute atomic E-state index is 12.0. The molecular formula is C16H18N2O4. The summed E-state index contributed by atoms with van der Waals surface area (Å²) < 4.78 is 11.8. The van der Waals surface area contributed by atoms with Gasteiger partial charge in [-0.2, -0.15) is 0 Å². The lowest BCUT2D eigenvalue weighted by Gasteiger charge is -2.14. The van der Waals surface area contributed by atoms with E-state index in [1.54, 1.807) is 61.3 Å². The van der Waals surface area contributed by atoms with Crippen LogP contribution in [-0.4, -0.2) is 29.7 Å². The van der Waals surface area contributed by atoms with E-state index in [4.69, 9.17) is 9.47 Å². The third kappa shape index (κ3) is 3.66. The van der Waals surface area contributed by atoms with E-state index in [1.165, 1.54) is 6.92 Å². The summed E-state index contributed by atoms with van der Waals surface area (Å²) in [6.45, 7) is 1.53. The minimum absolute atomic E-state index is 0.393. The SMILES string of the molecule is COc1ccc(NC(=O)[C@H](C)OC(=O)c2cccn2C)cc1. The summed E-state index contributed by atoms with van der Waals surface area (Å²) in [6, 6.07) is 10.3. The second kappa shape index (κ2) is 6.80. The topological polar surface area (TPSA) is 69.6 Å². The number of rotatable bonds is 5. The van der Waals surface area contributed by atoms with E-state index >= 15 is 0 Å². The lowest BCUT2D eigenvalue weighted by molar-refractivity contribution is -0.123. The van der Waals surface area contributed by atoms with Gasteiger partial charge in [0, 0.05) is 18.9 Å². The van der Waals surface area contributed by atoms with Gasteiger partial charge in [0.25, 0.3) is 5.91 Å². The van der Waals surface area contributed by atoms with Gasteiger partial charge in [-0.15, -0.1) is 0 Å². The fourth-order valence-electron chi connectivity index (χ4n) is 1.87. The van der Waals surface area contributed by atoms with Crippen molar-refractivity contribution in [2.24, 2.45) is 7.05 Å². The predicted octanol–water partition coefficient (Wildman–Crippen LogP) is 2.22. The van der Waals surface area contributed by atoms with Crippen LogP contribution in [0.15, 0.2) is 42.6 Å². The Labute approximate surface area is 128 Å². The van der Waals surface area contributed by atoms with Gasteiger partial charge < -0.3 is 19.4 Å². The van der Waals surface area contributed by atoms with Crippen LogP contribution in [0.25, 0.3) is 0 Å². The molecule has 1 amide bonds. The van der Waals surface area contributed by atoms with E-state index in [1.807, 2.05) is 0 Å². The Morgan fingerprint density at radius 2 is 1.86 bits per heavy atom. The number of methoxy groups -OCH3 is 1. The highest BCUT2D eigenvalue weighted by Crippen LogP contribution is 2.15. The number of hydrogen-bond donors (Lipinski definition) is 1. The summed E-state index contributed by atoms with van der Waals surface area (Å²) in [5.41, 5.74) is 0.997. The molecule has 1 N–H and O–H groups in total. The third-order valence-electron chi connectivity index (χ3n) is 3.16. The molecule has 6 nitrogen and oxygen atoms in total. The molecule has 1 aromatic heterocycles. The Bertz CT molecular complexity index is 661. The van der Waals surface area contributed by atoms with Crippen molar-refractivity contribution >= 4 is 17.6 Å². The van der Waals surface area contributed by atoms with Gasteiger partial charge in [0.1, 0.15) is 11.4 Å². The van der Waals surface area contributed by atoms with Crippen LogP contribution in [-0.2, 0) is 16.6 Å². The number of carbonyl (C=O) groups excluding carboxylic acids is 2. The molecule has 6 heteroatoms. The zero-order valence-corrected chi connectivity index (χ0v) is 12.7. The molecule has 0 fully saturated rings. The van der Waals surface area contributed by atoms with Gasteiger partial charge in [0.05, 0.1) is 7.11 Å². The van der Waals surface area contributed by atoms with Crippen molar-refractivity contribution in [3.63, 3.8) is 0 Å². The van der Waals surface area contributed by atoms with Crippen LogP contribution < -0.4 is 10.1 Å². The van der Waals surface area contributed by atoms with Crippen molar-refractivity contribution in [3.8, 4) is 5.75 Å². The zero-order chi connectivity index (χ0) is 16.1. The number of amides is 1. The van der Waals surface area contributed by atoms with Gasteiger partial charge >= 0.3 is 5.97 Å². The summed E-state index contributed by atoms with van der Waals surface area (Å²) in [4.78, 5) is 24.0. The Morgan fingerprint density at radius 1 is 1.18 bits per heavy atom. The van der Waals surface area contributed by atoms with Crippen molar-refractivity contribution in [1.29, 1.82) is 0 Å². The maximum atomic E-state index is 12.0. The van der Waals surface area contributed by atoms with Gasteiger partial charge in [-0.25, -0.2) is 4.79 Å². The quantitative estimate of drug-likeness (QED) is 0.860. The Balaban J connectivity index is 1.94. The van der Waals surface area contributed by atoms with Crippen LogP contribution in [0, 0.1) is 0 Å². The summed E-state index contributed by atoms with van der Waals surface area (Å²) in [6.07, 6.45) is 0.836. The van der Waals surface area contributed by atoms with E-state index in [-0.39, 0.29) is 0 Å². The largest absolute Gasteiger partial charge is 0.497 e. The highest BCUT2D eigenvalue weighted by Gasteiger charge is 2.20. The smallest absolute Gasteiger partial charge is 0.355 e. The van der Waals surface area contributed by atoms with Crippen LogP contribution in [0.3, 0.4) is 0 Å². The van der Waals surface area contributed by atoms with E-state index in [0.29, 0.717) is 17.1 Å². The van der Waals surface area contributed by atoms with Crippen molar-refractivity contribution in [2.45, 2.75) is 13.0 Å². The summed E-state index contributed by atoms with van der Waals surface area (Å²) in [7, 11) is 3.30. The van der Waals surface area contributed by atoms with Gasteiger partial charge in [0.2, 0.25) is 0 Å². The van der Waals surface area contributed by atoms with Crippen LogP contribution >= 0.6 is 0 Å². The lowest BCUT2D eigenvalue weighted by Crippen LogP contribution is -2.30. The first-order valence-electron chi connectivity index (χ1n) is 6.78. The third-order valence-corrected chi connectivity index (χ3v) is 3.16. The number of esters is 1. The molecule has 0 aliphatic rings. The Kier molecular flexibility index (Phi) is 4.83. The minimum atomic E-state index is -0.899. The average Bonchev–Trinajstić information content (AvgIpc) is 2.94. The van der Waals surface area contributed by atoms with Gasteiger partial charge in [-0.05, 0) is 43.3 Å². The molecule has 1 heterocycles. The van der Waals surface area contributed by atoms with Crippen molar-refractivity contribution < 1.29 is 19.1 Å². The van der Waals surface area contributed by atoms with Crippen LogP contribution in [0.2, 0.25) is 0 Å². The second-order valence-corrected chi connectivity index (χ2v) is 4.77. The van der Waals surface area contributed by atoms with Crippen LogP contribution in [0.4, 0.5) is 5.69 Å². The molecule has 1 atom stereocenters. The van der Waals surface area contributed by atoms with E-state index in [2.05, 4.69) is 5.32 Å². The van der Waals surface area contributed by atoms with Crippen molar-refractivity contribution in [2.75, 3.05) is 12.4 Å². The number of hydrogen-bond acceptors (Lipinski definition) is 4. The highest BCUT2D eigenvalue weighted by atomic mass is 16.5. The molecule has 0 saturated heterocycles. The van der Waals surface area contributed by atoms with Gasteiger partial charge in [0.15, 0.2) is 6.10 Å². The van der Waals surface area contributed by atoms with E-state index in [9.17, 15) is 9.59 Å². The molecule has 22 heavy (non-hydrogen) atoms. The molecule has 0 saturated carbocycles. The maximum Gasteiger partial charge on any atom is 0.355 e. The first-order chi connectivity index (χ1) is 10.5. The predicted molar refractivity (Wildman–Crippen MR) is 81.9 cm³/mol. The number of benzene rings is 1. The molecular weight excluding hydrogens is 284 g/mol. The number of anilines is 1. The lowest BCUT2D eigenvalue weighted by atomic mass is 10.3. The molecule has 0 radical (unpaired) electrons. The Morgan fingerprint density at radius 3 is 2.41 bits per heavy atom. The first kappa shape index (κ1) is 15.6. The number of carbonyl (C=O) groups is 2. The van der Waals surface area contributed by atoms with Crippen molar-refractivity contribution in [1.82, 2.24) is 4.57 Å². The fourth-order valence-corrected chi connectivity index (χ4v) is 1.87. The second-order valence-electron chi connectivity index (χ2n) is 4.77. The molecule has 0 bridgehead atoms. The molecule has 0 aliphatic carbocycles. The standard InChI is InChI=1S/C16H18N2O4/c1-11(22-16(20)14-5-4-10-18(14)2)15(19)17-12-6-8-13(21-3)9-7-12/h4-11H,1-3H3,(H,17,19)/t11-/m0/s1.